The molecule has 0 fully saturated rings. The van der Waals surface area contributed by atoms with Gasteiger partial charge in [-0.25, -0.2) is 9.98 Å². The zero-order valence-electron chi connectivity index (χ0n) is 11.2. The van der Waals surface area contributed by atoms with E-state index < -0.39 is 0 Å². The Morgan fingerprint density at radius 2 is 1.47 bits per heavy atom. The van der Waals surface area contributed by atoms with Gasteiger partial charge in [0.25, 0.3) is 0 Å². The number of nitrogens with zero attached hydrogens (tertiary/aromatic N) is 3. The summed E-state index contributed by atoms with van der Waals surface area (Å²) >= 11 is 0. The minimum Gasteiger partial charge on any atom is -0.369 e. The fourth-order valence-electron chi connectivity index (χ4n) is 1.55. The molecule has 0 aliphatic heterocycles. The van der Waals surface area contributed by atoms with Crippen LogP contribution in [0.15, 0.2) is 70.6 Å². The summed E-state index contributed by atoms with van der Waals surface area (Å²) in [4.78, 5) is 10.9. The van der Waals surface area contributed by atoms with Gasteiger partial charge in [0.05, 0.1) is 12.0 Å². The van der Waals surface area contributed by atoms with E-state index in [9.17, 15) is 0 Å². The highest BCUT2D eigenvalue weighted by Crippen LogP contribution is 2.13. The van der Waals surface area contributed by atoms with E-state index in [0.29, 0.717) is 5.84 Å². The van der Waals surface area contributed by atoms with Crippen molar-refractivity contribution in [2.45, 2.75) is 0 Å². The number of rotatable bonds is 3. The summed E-state index contributed by atoms with van der Waals surface area (Å²) in [5, 5.41) is 0. The van der Waals surface area contributed by atoms with Gasteiger partial charge in [0.15, 0.2) is 5.84 Å². The van der Waals surface area contributed by atoms with Gasteiger partial charge in [0, 0.05) is 19.7 Å². The maximum Gasteiger partial charge on any atom is 0.161 e. The predicted molar refractivity (Wildman–Crippen MR) is 81.3 cm³/mol. The van der Waals surface area contributed by atoms with E-state index in [1.165, 1.54) is 0 Å². The van der Waals surface area contributed by atoms with E-state index >= 15 is 0 Å². The molecule has 0 N–H and O–H groups in total. The monoisotopic (exact) mass is 251 g/mol. The van der Waals surface area contributed by atoms with Crippen molar-refractivity contribution in [3.63, 3.8) is 0 Å². The Morgan fingerprint density at radius 1 is 0.895 bits per heavy atom. The van der Waals surface area contributed by atoms with Gasteiger partial charge in [0.1, 0.15) is 0 Å². The third-order valence-electron chi connectivity index (χ3n) is 2.43. The maximum atomic E-state index is 4.59. The summed E-state index contributed by atoms with van der Waals surface area (Å²) in [5.74, 6) is 0.709. The largest absolute Gasteiger partial charge is 0.369 e. The number of aliphatic imine (C=N–C) groups is 2. The highest BCUT2D eigenvalue weighted by Gasteiger charge is 2.00. The summed E-state index contributed by atoms with van der Waals surface area (Å²) < 4.78 is 0. The van der Waals surface area contributed by atoms with Gasteiger partial charge in [-0.3, -0.25) is 0 Å². The topological polar surface area (TPSA) is 28.0 Å². The number of amidine groups is 1. The van der Waals surface area contributed by atoms with Crippen LogP contribution in [0.1, 0.15) is 5.56 Å². The fourth-order valence-corrected chi connectivity index (χ4v) is 1.55. The normalized spacial score (nSPS) is 11.8. The molecule has 3 nitrogen and oxygen atoms in total. The molecule has 2 rings (SSSR count). The summed E-state index contributed by atoms with van der Waals surface area (Å²) in [5.41, 5.74) is 1.90. The Bertz CT molecular complexity index is 557. The molecular weight excluding hydrogens is 234 g/mol. The number of hydrogen-bond acceptors (Lipinski definition) is 1. The van der Waals surface area contributed by atoms with Crippen LogP contribution in [0.2, 0.25) is 0 Å². The molecule has 96 valence electrons. The van der Waals surface area contributed by atoms with Crippen molar-refractivity contribution in [2.24, 2.45) is 9.98 Å². The molecule has 0 aliphatic carbocycles. The molecule has 0 unspecified atom stereocenters. The molecule has 0 saturated carbocycles. The van der Waals surface area contributed by atoms with E-state index in [-0.39, 0.29) is 0 Å². The van der Waals surface area contributed by atoms with Gasteiger partial charge < -0.3 is 4.90 Å². The van der Waals surface area contributed by atoms with Gasteiger partial charge >= 0.3 is 0 Å². The molecule has 19 heavy (non-hydrogen) atoms. The summed E-state index contributed by atoms with van der Waals surface area (Å²) in [6.07, 6.45) is 1.76. The van der Waals surface area contributed by atoms with Crippen LogP contribution in [0.4, 0.5) is 5.69 Å². The lowest BCUT2D eigenvalue weighted by Crippen LogP contribution is -2.10. The molecule has 3 heteroatoms. The standard InChI is InChI=1S/C16H17N3/c1-19(2)13-17-16(14-9-5-3-6-10-14)18-15-11-7-4-8-12-15/h3-13H,1-2H3/b17-13+,18-16+. The molecule has 2 aromatic carbocycles. The number of para-hydroxylation sites is 1. The highest BCUT2D eigenvalue weighted by molar-refractivity contribution is 6.04. The van der Waals surface area contributed by atoms with Crippen molar-refractivity contribution in [2.75, 3.05) is 14.1 Å². The van der Waals surface area contributed by atoms with Crippen LogP contribution in [0, 0.1) is 0 Å². The van der Waals surface area contributed by atoms with Crippen LogP contribution in [0.5, 0.6) is 0 Å². The van der Waals surface area contributed by atoms with E-state index in [0.717, 1.165) is 11.3 Å². The minimum absolute atomic E-state index is 0.709. The van der Waals surface area contributed by atoms with E-state index in [2.05, 4.69) is 9.98 Å². The zero-order chi connectivity index (χ0) is 13.5. The molecule has 0 aliphatic rings. The van der Waals surface area contributed by atoms with E-state index in [1.54, 1.807) is 6.34 Å². The van der Waals surface area contributed by atoms with Crippen LogP contribution in [0.25, 0.3) is 0 Å². The number of benzene rings is 2. The van der Waals surface area contributed by atoms with Crippen molar-refractivity contribution >= 4 is 17.9 Å². The Hall–Kier alpha value is -2.42. The average Bonchev–Trinajstić information content (AvgIpc) is 2.45. The van der Waals surface area contributed by atoms with Crippen LogP contribution in [-0.4, -0.2) is 31.2 Å². The summed E-state index contributed by atoms with van der Waals surface area (Å²) in [6, 6.07) is 19.8. The quantitative estimate of drug-likeness (QED) is 0.607. The molecular formula is C16H17N3. The molecule has 2 aromatic rings. The molecule has 0 saturated heterocycles. The first-order valence-electron chi connectivity index (χ1n) is 6.15. The van der Waals surface area contributed by atoms with Crippen molar-refractivity contribution in [1.82, 2.24) is 4.90 Å². The van der Waals surface area contributed by atoms with Crippen LogP contribution in [0.3, 0.4) is 0 Å². The maximum absolute atomic E-state index is 4.59. The average molecular weight is 251 g/mol. The second kappa shape index (κ2) is 6.50. The summed E-state index contributed by atoms with van der Waals surface area (Å²) in [6.45, 7) is 0. The Kier molecular flexibility index (Phi) is 4.45. The summed E-state index contributed by atoms with van der Waals surface area (Å²) in [7, 11) is 3.88. The molecule has 0 atom stereocenters. The van der Waals surface area contributed by atoms with Crippen LogP contribution in [-0.2, 0) is 0 Å². The molecule has 0 aromatic heterocycles. The third-order valence-corrected chi connectivity index (χ3v) is 2.43. The number of hydrogen-bond donors (Lipinski definition) is 0. The minimum atomic E-state index is 0.709. The van der Waals surface area contributed by atoms with E-state index in [1.807, 2.05) is 79.7 Å². The Labute approximate surface area is 113 Å². The second-order valence-electron chi connectivity index (χ2n) is 4.35. The lowest BCUT2D eigenvalue weighted by atomic mass is 10.2. The SMILES string of the molecule is CN(C)/C=N/C(=N/c1ccccc1)c1ccccc1. The van der Waals surface area contributed by atoms with Gasteiger partial charge in [-0.1, -0.05) is 48.5 Å². The van der Waals surface area contributed by atoms with Crippen molar-refractivity contribution in [3.8, 4) is 0 Å². The van der Waals surface area contributed by atoms with Crippen molar-refractivity contribution in [3.05, 3.63) is 66.2 Å². The third kappa shape index (κ3) is 4.07. The predicted octanol–water partition coefficient (Wildman–Crippen LogP) is 3.35. The van der Waals surface area contributed by atoms with E-state index in [4.69, 9.17) is 0 Å². The van der Waals surface area contributed by atoms with Gasteiger partial charge in [0.2, 0.25) is 0 Å². The molecule has 0 radical (unpaired) electrons. The lowest BCUT2D eigenvalue weighted by molar-refractivity contribution is 0.644. The molecule has 0 spiro atoms. The second-order valence-corrected chi connectivity index (χ2v) is 4.35. The molecule has 0 heterocycles. The first kappa shape index (κ1) is 13.0. The molecule has 0 bridgehead atoms. The highest BCUT2D eigenvalue weighted by atomic mass is 15.1. The van der Waals surface area contributed by atoms with Crippen LogP contribution < -0.4 is 0 Å². The fraction of sp³-hybridized carbons (Fsp3) is 0.125. The first-order chi connectivity index (χ1) is 9.25. The van der Waals surface area contributed by atoms with Crippen LogP contribution >= 0.6 is 0 Å². The lowest BCUT2D eigenvalue weighted by Gasteiger charge is -2.05. The van der Waals surface area contributed by atoms with Crippen molar-refractivity contribution in [1.29, 1.82) is 0 Å². The molecule has 0 amide bonds. The Balaban J connectivity index is 2.38. The van der Waals surface area contributed by atoms with Gasteiger partial charge in [-0.15, -0.1) is 0 Å². The van der Waals surface area contributed by atoms with Crippen molar-refractivity contribution < 1.29 is 0 Å². The van der Waals surface area contributed by atoms with Gasteiger partial charge in [-0.05, 0) is 12.1 Å². The van der Waals surface area contributed by atoms with Gasteiger partial charge in [-0.2, -0.15) is 0 Å². The first-order valence-corrected chi connectivity index (χ1v) is 6.15. The zero-order valence-corrected chi connectivity index (χ0v) is 11.2. The smallest absolute Gasteiger partial charge is 0.161 e. The Morgan fingerprint density at radius 3 is 2.05 bits per heavy atom.